The van der Waals surface area contributed by atoms with E-state index in [1.807, 2.05) is 0 Å². The van der Waals surface area contributed by atoms with Gasteiger partial charge in [-0.25, -0.2) is 0 Å². The predicted octanol–water partition coefficient (Wildman–Crippen LogP) is -3.22. The molecule has 0 unspecified atom stereocenters. The molecule has 1 aliphatic heterocycles. The average Bonchev–Trinajstić information content (AvgIpc) is 2.30. The van der Waals surface area contributed by atoms with Gasteiger partial charge >= 0.3 is 0 Å². The van der Waals surface area contributed by atoms with Gasteiger partial charge in [0.1, 0.15) is 17.8 Å². The summed E-state index contributed by atoms with van der Waals surface area (Å²) in [5, 5.41) is 44.8. The van der Waals surface area contributed by atoms with E-state index in [-0.39, 0.29) is 0 Å². The van der Waals surface area contributed by atoms with Crippen molar-refractivity contribution in [2.75, 3.05) is 13.2 Å². The highest BCUT2D eigenvalue weighted by Crippen LogP contribution is 2.29. The number of hydrogen-bond acceptors (Lipinski definition) is 6. The van der Waals surface area contributed by atoms with E-state index in [9.17, 15) is 5.11 Å². The Morgan fingerprint density at radius 1 is 1.25 bits per heavy atom. The van der Waals surface area contributed by atoms with E-state index in [4.69, 9.17) is 20.4 Å². The minimum atomic E-state index is -1.98. The maximum atomic E-state index is 9.45. The standard InChI is InChI=1S/C6H12O6/c7-1-3-6(11,2-8)4(9)5(10)12-3/h3-5,7-11H,1-2H2/t3-,4+,5+,6-/m1/s1. The summed E-state index contributed by atoms with van der Waals surface area (Å²) < 4.78 is 4.57. The third kappa shape index (κ3) is 1.22. The molecule has 6 nitrogen and oxygen atoms in total. The molecule has 0 spiro atoms. The van der Waals surface area contributed by atoms with Crippen LogP contribution in [-0.4, -0.2) is 62.8 Å². The predicted molar refractivity (Wildman–Crippen MR) is 36.0 cm³/mol. The minimum absolute atomic E-state index is 0.578. The zero-order valence-electron chi connectivity index (χ0n) is 6.29. The van der Waals surface area contributed by atoms with Crippen LogP contribution >= 0.6 is 0 Å². The lowest BCUT2D eigenvalue weighted by molar-refractivity contribution is -0.132. The van der Waals surface area contributed by atoms with E-state index in [0.717, 1.165) is 0 Å². The van der Waals surface area contributed by atoms with Crippen molar-refractivity contribution in [2.45, 2.75) is 24.1 Å². The summed E-state index contributed by atoms with van der Waals surface area (Å²) in [6.07, 6.45) is -4.33. The lowest BCUT2D eigenvalue weighted by Crippen LogP contribution is -2.52. The molecule has 5 N–H and O–H groups in total. The third-order valence-corrected chi connectivity index (χ3v) is 2.06. The van der Waals surface area contributed by atoms with E-state index in [1.54, 1.807) is 0 Å². The van der Waals surface area contributed by atoms with Crippen molar-refractivity contribution in [3.05, 3.63) is 0 Å². The molecular formula is C6H12O6. The van der Waals surface area contributed by atoms with E-state index < -0.39 is 37.3 Å². The Labute approximate surface area is 68.6 Å². The Morgan fingerprint density at radius 3 is 2.17 bits per heavy atom. The van der Waals surface area contributed by atoms with Crippen molar-refractivity contribution in [2.24, 2.45) is 0 Å². The molecule has 6 heteroatoms. The van der Waals surface area contributed by atoms with Gasteiger partial charge in [0.15, 0.2) is 6.29 Å². The van der Waals surface area contributed by atoms with Crippen molar-refractivity contribution < 1.29 is 30.3 Å². The van der Waals surface area contributed by atoms with Gasteiger partial charge in [-0.3, -0.25) is 0 Å². The number of aliphatic hydroxyl groups excluding tert-OH is 4. The first-order valence-electron chi connectivity index (χ1n) is 3.52. The molecule has 1 rings (SSSR count). The molecule has 1 fully saturated rings. The molecular weight excluding hydrogens is 168 g/mol. The molecule has 0 amide bonds. The van der Waals surface area contributed by atoms with Crippen molar-refractivity contribution >= 4 is 0 Å². The first kappa shape index (κ1) is 9.85. The Balaban J connectivity index is 2.80. The smallest absolute Gasteiger partial charge is 0.184 e. The van der Waals surface area contributed by atoms with Gasteiger partial charge in [0.05, 0.1) is 13.2 Å². The van der Waals surface area contributed by atoms with Crippen molar-refractivity contribution in [1.82, 2.24) is 0 Å². The van der Waals surface area contributed by atoms with Crippen LogP contribution in [0.15, 0.2) is 0 Å². The average molecular weight is 180 g/mol. The van der Waals surface area contributed by atoms with Crippen LogP contribution < -0.4 is 0 Å². The molecule has 12 heavy (non-hydrogen) atoms. The second-order valence-electron chi connectivity index (χ2n) is 2.79. The second kappa shape index (κ2) is 3.25. The molecule has 0 aromatic rings. The lowest BCUT2D eigenvalue weighted by atomic mass is 9.94. The van der Waals surface area contributed by atoms with Gasteiger partial charge in [-0.1, -0.05) is 0 Å². The Hall–Kier alpha value is -0.240. The molecule has 1 aliphatic rings. The quantitative estimate of drug-likeness (QED) is 0.306. The summed E-state index contributed by atoms with van der Waals surface area (Å²) in [6, 6.07) is 0. The maximum Gasteiger partial charge on any atom is 0.184 e. The van der Waals surface area contributed by atoms with Crippen molar-refractivity contribution in [1.29, 1.82) is 0 Å². The summed E-state index contributed by atoms with van der Waals surface area (Å²) in [4.78, 5) is 0. The van der Waals surface area contributed by atoms with Gasteiger partial charge < -0.3 is 30.3 Å². The lowest BCUT2D eigenvalue weighted by Gasteiger charge is -2.26. The minimum Gasteiger partial charge on any atom is -0.394 e. The van der Waals surface area contributed by atoms with Crippen molar-refractivity contribution in [3.8, 4) is 0 Å². The molecule has 1 saturated heterocycles. The molecule has 72 valence electrons. The molecule has 0 radical (unpaired) electrons. The van der Waals surface area contributed by atoms with Crippen LogP contribution in [0.1, 0.15) is 0 Å². The van der Waals surface area contributed by atoms with Gasteiger partial charge in [0, 0.05) is 0 Å². The van der Waals surface area contributed by atoms with Gasteiger partial charge in [0.25, 0.3) is 0 Å². The molecule has 0 aromatic heterocycles. The third-order valence-electron chi connectivity index (χ3n) is 2.06. The fourth-order valence-electron chi connectivity index (χ4n) is 1.19. The normalized spacial score (nSPS) is 48.2. The van der Waals surface area contributed by atoms with Crippen LogP contribution in [0.2, 0.25) is 0 Å². The highest BCUT2D eigenvalue weighted by molar-refractivity contribution is 5.00. The van der Waals surface area contributed by atoms with Gasteiger partial charge in [-0.2, -0.15) is 0 Å². The topological polar surface area (TPSA) is 110 Å². The summed E-state index contributed by atoms with van der Waals surface area (Å²) >= 11 is 0. The van der Waals surface area contributed by atoms with Gasteiger partial charge in [0.2, 0.25) is 0 Å². The van der Waals surface area contributed by atoms with Crippen LogP contribution in [0.3, 0.4) is 0 Å². The first-order chi connectivity index (χ1) is 5.56. The summed E-state index contributed by atoms with van der Waals surface area (Å²) in [5.41, 5.74) is -1.98. The summed E-state index contributed by atoms with van der Waals surface area (Å²) in [5.74, 6) is 0. The zero-order valence-corrected chi connectivity index (χ0v) is 6.29. The highest BCUT2D eigenvalue weighted by atomic mass is 16.7. The largest absolute Gasteiger partial charge is 0.394 e. The van der Waals surface area contributed by atoms with Crippen LogP contribution in [0, 0.1) is 0 Å². The fraction of sp³-hybridized carbons (Fsp3) is 1.00. The van der Waals surface area contributed by atoms with Crippen LogP contribution in [0.4, 0.5) is 0 Å². The summed E-state index contributed by atoms with van der Waals surface area (Å²) in [6.45, 7) is -1.36. The van der Waals surface area contributed by atoms with E-state index in [2.05, 4.69) is 4.74 Å². The Morgan fingerprint density at radius 2 is 1.83 bits per heavy atom. The number of ether oxygens (including phenoxy) is 1. The monoisotopic (exact) mass is 180 g/mol. The molecule has 1 heterocycles. The summed E-state index contributed by atoms with van der Waals surface area (Å²) in [7, 11) is 0. The van der Waals surface area contributed by atoms with Gasteiger partial charge in [-0.05, 0) is 0 Å². The molecule has 0 saturated carbocycles. The van der Waals surface area contributed by atoms with Crippen LogP contribution in [0.25, 0.3) is 0 Å². The molecule has 0 aliphatic carbocycles. The SMILES string of the molecule is OC[C@H]1O[C@H](O)[C@H](O)[C@@]1(O)CO. The number of aliphatic hydroxyl groups is 5. The zero-order chi connectivity index (χ0) is 9.35. The fourth-order valence-corrected chi connectivity index (χ4v) is 1.19. The highest BCUT2D eigenvalue weighted by Gasteiger charge is 2.54. The number of rotatable bonds is 2. The van der Waals surface area contributed by atoms with Crippen molar-refractivity contribution in [3.63, 3.8) is 0 Å². The Bertz CT molecular complexity index is 162. The maximum absolute atomic E-state index is 9.45. The molecule has 4 atom stereocenters. The Kier molecular flexibility index (Phi) is 2.67. The van der Waals surface area contributed by atoms with E-state index in [1.165, 1.54) is 0 Å². The van der Waals surface area contributed by atoms with Crippen LogP contribution in [0.5, 0.6) is 0 Å². The van der Waals surface area contributed by atoms with Gasteiger partial charge in [-0.15, -0.1) is 0 Å². The van der Waals surface area contributed by atoms with E-state index >= 15 is 0 Å². The molecule has 0 bridgehead atoms. The van der Waals surface area contributed by atoms with E-state index in [0.29, 0.717) is 0 Å². The second-order valence-corrected chi connectivity index (χ2v) is 2.79. The molecule has 0 aromatic carbocycles. The number of hydrogen-bond donors (Lipinski definition) is 5. The van der Waals surface area contributed by atoms with Crippen LogP contribution in [-0.2, 0) is 4.74 Å². The first-order valence-corrected chi connectivity index (χ1v) is 3.52.